The quantitative estimate of drug-likeness (QED) is 0.635. The number of hydrogen-bond acceptors (Lipinski definition) is 2. The Hall–Kier alpha value is -0.530. The van der Waals surface area contributed by atoms with Gasteiger partial charge in [-0.3, -0.25) is 0 Å². The van der Waals surface area contributed by atoms with Crippen molar-refractivity contribution in [1.29, 1.82) is 0 Å². The molecule has 1 rings (SSSR count). The van der Waals surface area contributed by atoms with E-state index < -0.39 is 11.9 Å². The predicted molar refractivity (Wildman–Crippen MR) is 46.9 cm³/mol. The highest BCUT2D eigenvalue weighted by Crippen LogP contribution is 2.27. The minimum atomic E-state index is -4.36. The lowest BCUT2D eigenvalue weighted by atomic mass is 10.3. The van der Waals surface area contributed by atoms with Gasteiger partial charge in [0.2, 0.25) is 0 Å². The van der Waals surface area contributed by atoms with Crippen LogP contribution in [-0.2, 0) is 6.18 Å². The van der Waals surface area contributed by atoms with Crippen molar-refractivity contribution in [3.8, 4) is 0 Å². The highest BCUT2D eigenvalue weighted by Gasteiger charge is 2.31. The SMILES string of the molecule is FC(F)(F)c1ccc(NI)cn1. The lowest BCUT2D eigenvalue weighted by molar-refractivity contribution is -0.141. The maximum absolute atomic E-state index is 11.9. The van der Waals surface area contributed by atoms with Crippen LogP contribution < -0.4 is 3.53 Å². The van der Waals surface area contributed by atoms with E-state index in [1.165, 1.54) is 6.07 Å². The lowest BCUT2D eigenvalue weighted by Crippen LogP contribution is -2.07. The number of anilines is 1. The number of halogens is 4. The van der Waals surface area contributed by atoms with Gasteiger partial charge in [0, 0.05) is 0 Å². The molecule has 0 aliphatic heterocycles. The first-order valence-electron chi connectivity index (χ1n) is 2.94. The second kappa shape index (κ2) is 3.46. The third kappa shape index (κ3) is 2.23. The molecule has 66 valence electrons. The number of nitrogens with one attached hydrogen (secondary N) is 1. The van der Waals surface area contributed by atoms with E-state index >= 15 is 0 Å². The first-order chi connectivity index (χ1) is 5.54. The highest BCUT2D eigenvalue weighted by molar-refractivity contribution is 14.1. The van der Waals surface area contributed by atoms with Gasteiger partial charge in [-0.25, -0.2) is 4.98 Å². The summed E-state index contributed by atoms with van der Waals surface area (Å²) in [6.07, 6.45) is -3.22. The molecule has 0 saturated heterocycles. The smallest absolute Gasteiger partial charge is 0.327 e. The van der Waals surface area contributed by atoms with Gasteiger partial charge in [-0.1, -0.05) is 0 Å². The van der Waals surface area contributed by atoms with Crippen molar-refractivity contribution >= 4 is 28.6 Å². The van der Waals surface area contributed by atoms with Crippen molar-refractivity contribution in [1.82, 2.24) is 4.98 Å². The molecule has 6 heteroatoms. The maximum atomic E-state index is 11.9. The number of alkyl halides is 3. The van der Waals surface area contributed by atoms with Gasteiger partial charge in [0.25, 0.3) is 0 Å². The highest BCUT2D eigenvalue weighted by atomic mass is 127. The summed E-state index contributed by atoms with van der Waals surface area (Å²) in [5.41, 5.74) is -0.332. The monoisotopic (exact) mass is 288 g/mol. The van der Waals surface area contributed by atoms with E-state index in [-0.39, 0.29) is 0 Å². The molecule has 1 heterocycles. The molecular formula is C6H4F3IN2. The van der Waals surface area contributed by atoms with Crippen molar-refractivity contribution in [2.45, 2.75) is 6.18 Å². The molecule has 0 amide bonds. The van der Waals surface area contributed by atoms with E-state index in [4.69, 9.17) is 0 Å². The summed E-state index contributed by atoms with van der Waals surface area (Å²) in [7, 11) is 0. The van der Waals surface area contributed by atoms with Crippen LogP contribution >= 0.6 is 22.9 Å². The number of hydrogen-bond donors (Lipinski definition) is 1. The van der Waals surface area contributed by atoms with Crippen molar-refractivity contribution in [3.63, 3.8) is 0 Å². The second-order valence-electron chi connectivity index (χ2n) is 2.02. The summed E-state index contributed by atoms with van der Waals surface area (Å²) < 4.78 is 38.5. The molecule has 2 nitrogen and oxygen atoms in total. The fourth-order valence-corrected chi connectivity index (χ4v) is 0.937. The van der Waals surface area contributed by atoms with Crippen LogP contribution in [0.1, 0.15) is 5.69 Å². The van der Waals surface area contributed by atoms with E-state index in [1.54, 1.807) is 0 Å². The van der Waals surface area contributed by atoms with Crippen LogP contribution in [-0.4, -0.2) is 4.98 Å². The average molecular weight is 288 g/mol. The van der Waals surface area contributed by atoms with E-state index in [9.17, 15) is 13.2 Å². The lowest BCUT2D eigenvalue weighted by Gasteiger charge is -2.05. The zero-order chi connectivity index (χ0) is 9.19. The Balaban J connectivity index is 2.93. The Labute approximate surface area is 80.7 Å². The van der Waals surface area contributed by atoms with Crippen LogP contribution in [0, 0.1) is 0 Å². The zero-order valence-corrected chi connectivity index (χ0v) is 7.85. The van der Waals surface area contributed by atoms with Crippen LogP contribution in [0.5, 0.6) is 0 Å². The second-order valence-corrected chi connectivity index (χ2v) is 2.56. The molecule has 0 aliphatic rings. The topological polar surface area (TPSA) is 24.9 Å². The summed E-state index contributed by atoms with van der Waals surface area (Å²) >= 11 is 1.81. The normalized spacial score (nSPS) is 11.3. The number of rotatable bonds is 1. The number of aromatic nitrogens is 1. The standard InChI is InChI=1S/C6H4F3IN2/c7-6(8,9)5-2-1-4(12-10)3-11-5/h1-3,12H. The van der Waals surface area contributed by atoms with Crippen LogP contribution in [0.15, 0.2) is 18.3 Å². The maximum Gasteiger partial charge on any atom is 0.433 e. The molecule has 1 aromatic heterocycles. The van der Waals surface area contributed by atoms with Crippen LogP contribution in [0.3, 0.4) is 0 Å². The molecule has 0 aromatic carbocycles. The summed E-state index contributed by atoms with van der Waals surface area (Å²) in [4.78, 5) is 3.23. The van der Waals surface area contributed by atoms with Crippen molar-refractivity contribution < 1.29 is 13.2 Å². The van der Waals surface area contributed by atoms with Gasteiger partial charge in [-0.15, -0.1) is 0 Å². The van der Waals surface area contributed by atoms with E-state index in [1.807, 2.05) is 22.9 Å². The fraction of sp³-hybridized carbons (Fsp3) is 0.167. The van der Waals surface area contributed by atoms with Crippen LogP contribution in [0.25, 0.3) is 0 Å². The van der Waals surface area contributed by atoms with Gasteiger partial charge in [-0.2, -0.15) is 13.2 Å². The third-order valence-corrected chi connectivity index (χ3v) is 1.79. The van der Waals surface area contributed by atoms with Crippen LogP contribution in [0.4, 0.5) is 18.9 Å². The molecule has 12 heavy (non-hydrogen) atoms. The molecule has 0 fully saturated rings. The summed E-state index contributed by atoms with van der Waals surface area (Å²) in [5.74, 6) is 0. The average Bonchev–Trinajstić information content (AvgIpc) is 2.03. The Morgan fingerprint density at radius 2 is 2.00 bits per heavy atom. The van der Waals surface area contributed by atoms with E-state index in [0.717, 1.165) is 12.3 Å². The molecule has 0 bridgehead atoms. The first-order valence-corrected chi connectivity index (χ1v) is 4.02. The Kier molecular flexibility index (Phi) is 2.76. The molecule has 1 N–H and O–H groups in total. The zero-order valence-electron chi connectivity index (χ0n) is 5.69. The molecule has 0 unspecified atom stereocenters. The number of pyridine rings is 1. The molecular weight excluding hydrogens is 284 g/mol. The van der Waals surface area contributed by atoms with Gasteiger partial charge < -0.3 is 3.53 Å². The first kappa shape index (κ1) is 9.56. The molecule has 0 spiro atoms. The van der Waals surface area contributed by atoms with Gasteiger partial charge in [0.15, 0.2) is 0 Å². The minimum absolute atomic E-state index is 0.545. The third-order valence-electron chi connectivity index (χ3n) is 1.16. The van der Waals surface area contributed by atoms with Gasteiger partial charge >= 0.3 is 6.18 Å². The van der Waals surface area contributed by atoms with E-state index in [2.05, 4.69) is 8.51 Å². The van der Waals surface area contributed by atoms with Crippen molar-refractivity contribution in [2.75, 3.05) is 3.53 Å². The van der Waals surface area contributed by atoms with Gasteiger partial charge in [0.1, 0.15) is 5.69 Å². The summed E-state index contributed by atoms with van der Waals surface area (Å²) in [5, 5.41) is 0. The van der Waals surface area contributed by atoms with Crippen molar-refractivity contribution in [2.24, 2.45) is 0 Å². The molecule has 1 aromatic rings. The summed E-state index contributed by atoms with van der Waals surface area (Å²) in [6, 6.07) is 2.25. The molecule has 0 saturated carbocycles. The summed E-state index contributed by atoms with van der Waals surface area (Å²) in [6.45, 7) is 0. The fourth-order valence-electron chi connectivity index (χ4n) is 0.617. The van der Waals surface area contributed by atoms with Crippen LogP contribution in [0.2, 0.25) is 0 Å². The molecule has 0 radical (unpaired) electrons. The Morgan fingerprint density at radius 1 is 1.33 bits per heavy atom. The number of nitrogens with zero attached hydrogens (tertiary/aromatic N) is 1. The Bertz CT molecular complexity index is 256. The minimum Gasteiger partial charge on any atom is -0.327 e. The Morgan fingerprint density at radius 3 is 2.33 bits per heavy atom. The van der Waals surface area contributed by atoms with E-state index in [0.29, 0.717) is 5.69 Å². The molecule has 0 aliphatic carbocycles. The van der Waals surface area contributed by atoms with Crippen molar-refractivity contribution in [3.05, 3.63) is 24.0 Å². The molecule has 0 atom stereocenters. The largest absolute Gasteiger partial charge is 0.433 e. The van der Waals surface area contributed by atoms with Gasteiger partial charge in [0.05, 0.1) is 34.7 Å². The van der Waals surface area contributed by atoms with Gasteiger partial charge in [-0.05, 0) is 12.1 Å². The predicted octanol–water partition coefficient (Wildman–Crippen LogP) is 2.86.